The first-order valence-electron chi connectivity index (χ1n) is 21.0. The van der Waals surface area contributed by atoms with Crippen molar-refractivity contribution < 1.29 is 0 Å². The van der Waals surface area contributed by atoms with Crippen LogP contribution in [0.4, 0.5) is 0 Å². The standard InChI is InChI=1S/C60H34/c1-4-16-38-35(13-1)31-53(44-22-10-7-19-41(38)44)47-25-27-50-51-28-26-48(54-32-36-14-2-5-17-39(36)42-20-8-11-23-45(42)54)57-34-56(52-30-29-49(47)58(50)60(52)59(51)57)55-33-37-15-3-6-18-40(37)43-21-9-12-24-46(43)55/h1-34H. The van der Waals surface area contributed by atoms with Gasteiger partial charge < -0.3 is 0 Å². The number of benzene rings is 13. The Labute approximate surface area is 346 Å². The van der Waals surface area contributed by atoms with Crippen LogP contribution < -0.4 is 0 Å². The largest absolute Gasteiger partial charge is 0.0616 e. The molecule has 0 saturated carbocycles. The summed E-state index contributed by atoms with van der Waals surface area (Å²) in [5.74, 6) is 0. The average Bonchev–Trinajstić information content (AvgIpc) is 3.66. The summed E-state index contributed by atoms with van der Waals surface area (Å²) in [5.41, 5.74) is 10.3. The maximum Gasteiger partial charge on any atom is -0.000762 e. The van der Waals surface area contributed by atoms with Crippen molar-refractivity contribution in [1.29, 1.82) is 0 Å². The van der Waals surface area contributed by atoms with Gasteiger partial charge in [-0.05, 0) is 166 Å². The normalized spacial score (nSPS) is 12.3. The smallest absolute Gasteiger partial charge is 0.000762 e. The van der Waals surface area contributed by atoms with E-state index in [9.17, 15) is 0 Å². The summed E-state index contributed by atoms with van der Waals surface area (Å²) in [5, 5.41) is 23.4. The van der Waals surface area contributed by atoms with E-state index >= 15 is 0 Å². The van der Waals surface area contributed by atoms with Gasteiger partial charge in [-0.1, -0.05) is 182 Å². The maximum atomic E-state index is 2.53. The average molecular weight is 755 g/mol. The number of fused-ring (bicyclic) bond motifs is 10. The third-order valence-electron chi connectivity index (χ3n) is 13.7. The Morgan fingerprint density at radius 1 is 0.150 bits per heavy atom. The lowest BCUT2D eigenvalue weighted by Crippen LogP contribution is -1.91. The molecular weight excluding hydrogens is 721 g/mol. The van der Waals surface area contributed by atoms with Crippen LogP contribution in [0.5, 0.6) is 0 Å². The molecule has 0 radical (unpaired) electrons. The van der Waals surface area contributed by atoms with Crippen molar-refractivity contribution in [3.8, 4) is 44.5 Å². The van der Waals surface area contributed by atoms with Crippen LogP contribution in [0.15, 0.2) is 206 Å². The van der Waals surface area contributed by atoms with Gasteiger partial charge in [0.1, 0.15) is 0 Å². The van der Waals surface area contributed by atoms with Crippen LogP contribution in [-0.4, -0.2) is 0 Å². The SMILES string of the molecule is c1ccc2c(c1)cc(-c1ccc3c4c1ccc1c(-c5cc6ccccc6c6ccccc56)cc5c(-c6cc7ccccc7c7ccccc67)ccc-3c5c14)c1ccccc12. The fraction of sp³-hybridized carbons (Fsp3) is 0. The van der Waals surface area contributed by atoms with Gasteiger partial charge in [-0.2, -0.15) is 0 Å². The minimum Gasteiger partial charge on any atom is -0.0616 e. The van der Waals surface area contributed by atoms with Gasteiger partial charge in [0.2, 0.25) is 0 Å². The van der Waals surface area contributed by atoms with E-state index in [2.05, 4.69) is 206 Å². The Balaban J connectivity index is 1.16. The molecule has 14 rings (SSSR count). The van der Waals surface area contributed by atoms with Gasteiger partial charge in [-0.3, -0.25) is 0 Å². The molecule has 1 aliphatic carbocycles. The van der Waals surface area contributed by atoms with Crippen LogP contribution in [0.2, 0.25) is 0 Å². The van der Waals surface area contributed by atoms with Crippen molar-refractivity contribution in [3.05, 3.63) is 206 Å². The molecule has 1 aliphatic rings. The van der Waals surface area contributed by atoms with E-state index in [1.54, 1.807) is 0 Å². The summed E-state index contributed by atoms with van der Waals surface area (Å²) in [4.78, 5) is 0. The molecule has 13 aromatic carbocycles. The van der Waals surface area contributed by atoms with E-state index in [-0.39, 0.29) is 0 Å². The minimum atomic E-state index is 1.26. The lowest BCUT2D eigenvalue weighted by Gasteiger charge is -2.18. The van der Waals surface area contributed by atoms with Gasteiger partial charge in [0.15, 0.2) is 0 Å². The topological polar surface area (TPSA) is 0 Å². The Morgan fingerprint density at radius 2 is 0.450 bits per heavy atom. The Morgan fingerprint density at radius 3 is 0.900 bits per heavy atom. The molecule has 60 heavy (non-hydrogen) atoms. The molecule has 0 bridgehead atoms. The van der Waals surface area contributed by atoms with Gasteiger partial charge in [-0.15, -0.1) is 0 Å². The van der Waals surface area contributed by atoms with Crippen molar-refractivity contribution in [2.45, 2.75) is 0 Å². The van der Waals surface area contributed by atoms with Gasteiger partial charge in [-0.25, -0.2) is 0 Å². The molecule has 0 amide bonds. The van der Waals surface area contributed by atoms with Crippen LogP contribution in [0.1, 0.15) is 0 Å². The molecule has 0 saturated heterocycles. The molecule has 0 fully saturated rings. The van der Waals surface area contributed by atoms with Crippen molar-refractivity contribution in [2.24, 2.45) is 0 Å². The Bertz CT molecular complexity index is 4030. The van der Waals surface area contributed by atoms with Crippen LogP contribution >= 0.6 is 0 Å². The Hall–Kier alpha value is -7.80. The second-order valence-electron chi connectivity index (χ2n) is 16.7. The quantitative estimate of drug-likeness (QED) is 0.158. The zero-order chi connectivity index (χ0) is 39.1. The minimum absolute atomic E-state index is 1.26. The van der Waals surface area contributed by atoms with Crippen LogP contribution in [0.3, 0.4) is 0 Å². The molecule has 0 aliphatic heterocycles. The molecule has 13 aromatic rings. The number of rotatable bonds is 3. The first-order valence-corrected chi connectivity index (χ1v) is 21.0. The monoisotopic (exact) mass is 754 g/mol. The second kappa shape index (κ2) is 11.9. The van der Waals surface area contributed by atoms with E-state index in [0.717, 1.165) is 0 Å². The zero-order valence-corrected chi connectivity index (χ0v) is 32.6. The van der Waals surface area contributed by atoms with E-state index in [4.69, 9.17) is 0 Å². The highest BCUT2D eigenvalue weighted by Gasteiger charge is 2.27. The van der Waals surface area contributed by atoms with E-state index < -0.39 is 0 Å². The Kier molecular flexibility index (Phi) is 6.38. The summed E-state index contributed by atoms with van der Waals surface area (Å²) in [6.45, 7) is 0. The van der Waals surface area contributed by atoms with Gasteiger partial charge >= 0.3 is 0 Å². The van der Waals surface area contributed by atoms with Gasteiger partial charge in [0.05, 0.1) is 0 Å². The lowest BCUT2D eigenvalue weighted by atomic mass is 9.85. The van der Waals surface area contributed by atoms with E-state index in [0.29, 0.717) is 0 Å². The third-order valence-corrected chi connectivity index (χ3v) is 13.7. The molecular formula is C60H34. The fourth-order valence-corrected chi connectivity index (χ4v) is 11.2. The summed E-state index contributed by atoms with van der Waals surface area (Å²) in [6, 6.07) is 77.7. The van der Waals surface area contributed by atoms with Crippen molar-refractivity contribution >= 4 is 97.0 Å². The fourth-order valence-electron chi connectivity index (χ4n) is 11.2. The lowest BCUT2D eigenvalue weighted by molar-refractivity contribution is 1.70. The predicted molar refractivity (Wildman–Crippen MR) is 259 cm³/mol. The maximum absolute atomic E-state index is 2.53. The molecule has 0 atom stereocenters. The highest BCUT2D eigenvalue weighted by Crippen LogP contribution is 2.55. The highest BCUT2D eigenvalue weighted by molar-refractivity contribution is 6.38. The molecule has 0 spiro atoms. The summed E-state index contributed by atoms with van der Waals surface area (Å²) < 4.78 is 0. The molecule has 0 nitrogen and oxygen atoms in total. The van der Waals surface area contributed by atoms with E-state index in [1.807, 2.05) is 0 Å². The third kappa shape index (κ3) is 4.24. The molecule has 0 N–H and O–H groups in total. The van der Waals surface area contributed by atoms with Crippen molar-refractivity contribution in [1.82, 2.24) is 0 Å². The molecule has 0 aromatic heterocycles. The van der Waals surface area contributed by atoms with Gasteiger partial charge in [0, 0.05) is 0 Å². The first kappa shape index (κ1) is 32.2. The van der Waals surface area contributed by atoms with Crippen molar-refractivity contribution in [3.63, 3.8) is 0 Å². The highest BCUT2D eigenvalue weighted by atomic mass is 14.3. The first-order chi connectivity index (χ1) is 29.8. The van der Waals surface area contributed by atoms with Crippen LogP contribution in [-0.2, 0) is 0 Å². The van der Waals surface area contributed by atoms with Crippen LogP contribution in [0, 0.1) is 0 Å². The molecule has 0 heterocycles. The summed E-state index contributed by atoms with van der Waals surface area (Å²) in [6.07, 6.45) is 0. The zero-order valence-electron chi connectivity index (χ0n) is 32.6. The second-order valence-corrected chi connectivity index (χ2v) is 16.7. The molecule has 0 unspecified atom stereocenters. The number of hydrogen-bond acceptors (Lipinski definition) is 0. The summed E-state index contributed by atoms with van der Waals surface area (Å²) >= 11 is 0. The van der Waals surface area contributed by atoms with Crippen molar-refractivity contribution in [2.75, 3.05) is 0 Å². The van der Waals surface area contributed by atoms with Crippen LogP contribution in [0.25, 0.3) is 141 Å². The summed E-state index contributed by atoms with van der Waals surface area (Å²) in [7, 11) is 0. The van der Waals surface area contributed by atoms with Gasteiger partial charge in [0.25, 0.3) is 0 Å². The molecule has 274 valence electrons. The predicted octanol–water partition coefficient (Wildman–Crippen LogP) is 17.0. The van der Waals surface area contributed by atoms with E-state index in [1.165, 1.54) is 141 Å². The molecule has 0 heteroatoms. The number of hydrogen-bond donors (Lipinski definition) is 0.